The molecule has 0 bridgehead atoms. The molecule has 1 aliphatic carbocycles. The van der Waals surface area contributed by atoms with Crippen molar-refractivity contribution >= 4 is 84.9 Å². The van der Waals surface area contributed by atoms with Crippen molar-refractivity contribution < 1.29 is 0 Å². The molecule has 0 aliphatic heterocycles. The number of hydrogen-bond donors (Lipinski definition) is 0. The Morgan fingerprint density at radius 2 is 0.895 bits per heavy atom. The lowest BCUT2D eigenvalue weighted by molar-refractivity contribution is 0.711. The van der Waals surface area contributed by atoms with Crippen molar-refractivity contribution in [3.05, 3.63) is 172 Å². The second-order valence-electron chi connectivity index (χ2n) is 15.7. The van der Waals surface area contributed by atoms with Gasteiger partial charge in [0.2, 0.25) is 0 Å². The minimum Gasteiger partial charge on any atom is -0.344 e. The molecule has 0 unspecified atom stereocenters. The van der Waals surface area contributed by atoms with Gasteiger partial charge >= 0.3 is 0 Å². The molecule has 0 fully saturated rings. The highest BCUT2D eigenvalue weighted by Crippen LogP contribution is 2.36. The Bertz CT molecular complexity index is 2930. The summed E-state index contributed by atoms with van der Waals surface area (Å²) in [5.74, 6) is 0. The summed E-state index contributed by atoms with van der Waals surface area (Å²) >= 11 is 0. The van der Waals surface area contributed by atoms with Crippen LogP contribution in [0.5, 0.6) is 0 Å². The molecule has 3 nitrogen and oxygen atoms in total. The van der Waals surface area contributed by atoms with E-state index in [9.17, 15) is 0 Å². The molecule has 0 saturated carbocycles. The van der Waals surface area contributed by atoms with E-state index in [2.05, 4.69) is 192 Å². The number of allylic oxidation sites excluding steroid dienone is 1. The lowest BCUT2D eigenvalue weighted by Gasteiger charge is -2.17. The van der Waals surface area contributed by atoms with Crippen LogP contribution in [-0.2, 0) is 32.5 Å². The van der Waals surface area contributed by atoms with Gasteiger partial charge in [-0.15, -0.1) is 0 Å². The SMILES string of the molecule is CCn1c2c(c3ccccc31)C=C(CCc1cc(/C=C/c3ccc4c(c3)c3ccccc3n4CC)cc(/C=C/c3ccc4c(c3)c3ccccc3n4CC)c1)CC2. The highest BCUT2D eigenvalue weighted by Gasteiger charge is 2.19. The molecule has 10 rings (SSSR count). The Morgan fingerprint density at radius 1 is 0.421 bits per heavy atom. The molecule has 6 aromatic carbocycles. The van der Waals surface area contributed by atoms with Gasteiger partial charge in [0.25, 0.3) is 0 Å². The van der Waals surface area contributed by atoms with Crippen LogP contribution in [0.4, 0.5) is 0 Å². The molecule has 0 N–H and O–H groups in total. The number of aryl methyl sites for hydroxylation is 4. The number of benzene rings is 6. The van der Waals surface area contributed by atoms with Gasteiger partial charge in [-0.2, -0.15) is 0 Å². The average Bonchev–Trinajstić information content (AvgIpc) is 3.88. The molecule has 57 heavy (non-hydrogen) atoms. The summed E-state index contributed by atoms with van der Waals surface area (Å²) in [4.78, 5) is 0. The van der Waals surface area contributed by atoms with E-state index in [1.165, 1.54) is 93.6 Å². The van der Waals surface area contributed by atoms with Gasteiger partial charge in [0, 0.05) is 85.4 Å². The minimum absolute atomic E-state index is 0.957. The summed E-state index contributed by atoms with van der Waals surface area (Å²) in [7, 11) is 0. The number of rotatable bonds is 10. The van der Waals surface area contributed by atoms with Crippen LogP contribution >= 0.6 is 0 Å². The Hall–Kier alpha value is -6.32. The fourth-order valence-corrected chi connectivity index (χ4v) is 9.73. The Labute approximate surface area is 335 Å². The van der Waals surface area contributed by atoms with Crippen LogP contribution in [0.15, 0.2) is 133 Å². The highest BCUT2D eigenvalue weighted by atomic mass is 15.0. The van der Waals surface area contributed by atoms with Crippen molar-refractivity contribution in [3.63, 3.8) is 0 Å². The predicted octanol–water partition coefficient (Wildman–Crippen LogP) is 14.2. The van der Waals surface area contributed by atoms with Gasteiger partial charge in [0.05, 0.1) is 0 Å². The van der Waals surface area contributed by atoms with Gasteiger partial charge < -0.3 is 13.7 Å². The second kappa shape index (κ2) is 14.6. The van der Waals surface area contributed by atoms with Crippen molar-refractivity contribution in [1.82, 2.24) is 13.7 Å². The zero-order chi connectivity index (χ0) is 38.5. The van der Waals surface area contributed by atoms with Crippen LogP contribution in [0.25, 0.3) is 84.9 Å². The van der Waals surface area contributed by atoms with Crippen LogP contribution in [0, 0.1) is 0 Å². The number of hydrogen-bond acceptors (Lipinski definition) is 0. The average molecular weight is 740 g/mol. The normalized spacial score (nSPS) is 13.4. The maximum Gasteiger partial charge on any atom is 0.0491 e. The number of fused-ring (bicyclic) bond motifs is 9. The largest absolute Gasteiger partial charge is 0.344 e. The first kappa shape index (κ1) is 35.1. The summed E-state index contributed by atoms with van der Waals surface area (Å²) in [6.07, 6.45) is 16.0. The molecular weight excluding hydrogens is 691 g/mol. The molecule has 0 saturated heterocycles. The molecule has 3 heterocycles. The van der Waals surface area contributed by atoms with E-state index in [4.69, 9.17) is 0 Å². The first-order valence-electron chi connectivity index (χ1n) is 20.9. The fourth-order valence-electron chi connectivity index (χ4n) is 9.73. The summed E-state index contributed by atoms with van der Waals surface area (Å²) in [6, 6.07) is 47.5. The summed E-state index contributed by atoms with van der Waals surface area (Å²) in [6.45, 7) is 9.66. The van der Waals surface area contributed by atoms with Gasteiger partial charge in [-0.1, -0.05) is 115 Å². The van der Waals surface area contributed by atoms with E-state index in [1.54, 1.807) is 5.57 Å². The van der Waals surface area contributed by atoms with Crippen LogP contribution in [-0.4, -0.2) is 13.7 Å². The van der Waals surface area contributed by atoms with Gasteiger partial charge in [-0.05, 0) is 123 Å². The quantitative estimate of drug-likeness (QED) is 0.124. The van der Waals surface area contributed by atoms with Crippen LogP contribution in [0.1, 0.15) is 72.7 Å². The molecule has 0 radical (unpaired) electrons. The second-order valence-corrected chi connectivity index (χ2v) is 15.7. The van der Waals surface area contributed by atoms with Gasteiger partial charge in [-0.25, -0.2) is 0 Å². The highest BCUT2D eigenvalue weighted by molar-refractivity contribution is 6.10. The molecule has 1 aliphatic rings. The maximum absolute atomic E-state index is 2.52. The molecule has 9 aromatic rings. The molecular formula is C54H49N3. The molecule has 0 atom stereocenters. The first-order chi connectivity index (χ1) is 28.1. The monoisotopic (exact) mass is 739 g/mol. The molecule has 280 valence electrons. The van der Waals surface area contributed by atoms with E-state index < -0.39 is 0 Å². The lowest BCUT2D eigenvalue weighted by Crippen LogP contribution is -2.06. The molecule has 0 amide bonds. The number of nitrogens with zero attached hydrogens (tertiary/aromatic N) is 3. The maximum atomic E-state index is 2.52. The van der Waals surface area contributed by atoms with Gasteiger partial charge in [-0.3, -0.25) is 0 Å². The zero-order valence-electron chi connectivity index (χ0n) is 33.3. The summed E-state index contributed by atoms with van der Waals surface area (Å²) in [5.41, 5.74) is 17.3. The Kier molecular flexibility index (Phi) is 9.02. The van der Waals surface area contributed by atoms with E-state index in [0.29, 0.717) is 0 Å². The third kappa shape index (κ3) is 6.23. The third-order valence-corrected chi connectivity index (χ3v) is 12.4. The van der Waals surface area contributed by atoms with Gasteiger partial charge in [0.15, 0.2) is 0 Å². The topological polar surface area (TPSA) is 14.8 Å². The van der Waals surface area contributed by atoms with Crippen LogP contribution < -0.4 is 0 Å². The van der Waals surface area contributed by atoms with Crippen molar-refractivity contribution in [2.75, 3.05) is 0 Å². The summed E-state index contributed by atoms with van der Waals surface area (Å²) < 4.78 is 7.36. The smallest absolute Gasteiger partial charge is 0.0491 e. The molecule has 0 spiro atoms. The van der Waals surface area contributed by atoms with E-state index >= 15 is 0 Å². The van der Waals surface area contributed by atoms with Crippen molar-refractivity contribution in [2.45, 2.75) is 66.1 Å². The van der Waals surface area contributed by atoms with Crippen molar-refractivity contribution in [1.29, 1.82) is 0 Å². The van der Waals surface area contributed by atoms with E-state index in [0.717, 1.165) is 45.3 Å². The van der Waals surface area contributed by atoms with Gasteiger partial charge in [0.1, 0.15) is 0 Å². The predicted molar refractivity (Wildman–Crippen MR) is 247 cm³/mol. The lowest BCUT2D eigenvalue weighted by atomic mass is 9.91. The van der Waals surface area contributed by atoms with Crippen LogP contribution in [0.3, 0.4) is 0 Å². The number of para-hydroxylation sites is 3. The van der Waals surface area contributed by atoms with Crippen molar-refractivity contribution in [2.24, 2.45) is 0 Å². The van der Waals surface area contributed by atoms with Crippen LogP contribution in [0.2, 0.25) is 0 Å². The Morgan fingerprint density at radius 3 is 1.44 bits per heavy atom. The minimum atomic E-state index is 0.957. The first-order valence-corrected chi connectivity index (χ1v) is 20.9. The van der Waals surface area contributed by atoms with E-state index in [-0.39, 0.29) is 0 Å². The van der Waals surface area contributed by atoms with E-state index in [1.807, 2.05) is 0 Å². The zero-order valence-corrected chi connectivity index (χ0v) is 33.3. The fraction of sp³-hybridized carbons (Fsp3) is 0.185. The summed E-state index contributed by atoms with van der Waals surface area (Å²) in [5, 5.41) is 6.66. The molecule has 3 aromatic heterocycles. The Balaban J connectivity index is 0.992. The standard InChI is InChI=1S/C54H49N3/c1-4-55-49-16-10-7-13-43(49)46-34-37(25-28-52(46)55)19-22-40-31-41(23-20-38-26-29-53-47(35-38)44-14-8-11-17-50(44)56(53)5-2)33-42(32-40)24-21-39-27-30-54-48(36-39)45-15-9-12-18-51(45)57(54)6-3/h7-20,22-23,25-26,28-29,31-36H,4-6,21,24,27,30H2,1-3H3/b22-19+,23-20+. The molecule has 3 heteroatoms. The number of aromatic nitrogens is 3. The van der Waals surface area contributed by atoms with Crippen molar-refractivity contribution in [3.8, 4) is 0 Å². The third-order valence-electron chi connectivity index (χ3n) is 12.4.